The standard InChI is InChI=1S/C21H22ClN5S/c1-2-3-12-27-20(19(25-21(27)28)16-7-4-5-11-23-16)17-8-6-13-26(17)18-10-9-15(22)14-24-18/h4-11,13-14,19-20H,2-3,12H2,1H3,(H,25,28)/t19-,20+/m1/s1. The molecule has 1 aliphatic rings. The highest BCUT2D eigenvalue weighted by Crippen LogP contribution is 2.39. The van der Waals surface area contributed by atoms with Crippen LogP contribution in [-0.4, -0.2) is 31.1 Å². The Kier molecular flexibility index (Phi) is 5.59. The number of hydrogen-bond acceptors (Lipinski definition) is 3. The third-order valence-electron chi connectivity index (χ3n) is 4.99. The lowest BCUT2D eigenvalue weighted by molar-refractivity contribution is 0.304. The van der Waals surface area contributed by atoms with Crippen LogP contribution in [0, 0.1) is 0 Å². The predicted octanol–water partition coefficient (Wildman–Crippen LogP) is 4.69. The average Bonchev–Trinajstić information content (AvgIpc) is 3.32. The van der Waals surface area contributed by atoms with Crippen molar-refractivity contribution in [2.45, 2.75) is 31.8 Å². The van der Waals surface area contributed by atoms with E-state index in [0.717, 1.165) is 41.7 Å². The Morgan fingerprint density at radius 1 is 1.14 bits per heavy atom. The molecule has 0 spiro atoms. The smallest absolute Gasteiger partial charge is 0.170 e. The van der Waals surface area contributed by atoms with E-state index in [1.165, 1.54) is 0 Å². The van der Waals surface area contributed by atoms with Gasteiger partial charge in [-0.05, 0) is 55.0 Å². The number of aromatic nitrogens is 3. The summed E-state index contributed by atoms with van der Waals surface area (Å²) >= 11 is 11.7. The van der Waals surface area contributed by atoms with Crippen LogP contribution in [0.4, 0.5) is 0 Å². The van der Waals surface area contributed by atoms with E-state index in [0.29, 0.717) is 5.02 Å². The Hall–Kier alpha value is -2.44. The molecule has 2 atom stereocenters. The quantitative estimate of drug-likeness (QED) is 0.596. The first-order chi connectivity index (χ1) is 13.7. The van der Waals surface area contributed by atoms with Gasteiger partial charge >= 0.3 is 0 Å². The molecule has 5 nitrogen and oxygen atoms in total. The molecule has 3 aromatic rings. The first kappa shape index (κ1) is 18.9. The SMILES string of the molecule is CCCCN1C(=S)N[C@H](c2ccccn2)[C@@H]1c1cccn1-c1ccc(Cl)cn1. The number of thiocarbonyl (C=S) groups is 1. The summed E-state index contributed by atoms with van der Waals surface area (Å²) < 4.78 is 2.10. The highest BCUT2D eigenvalue weighted by atomic mass is 35.5. The minimum absolute atomic E-state index is 0.0218. The predicted molar refractivity (Wildman–Crippen MR) is 116 cm³/mol. The zero-order valence-electron chi connectivity index (χ0n) is 15.6. The number of pyridine rings is 2. The minimum Gasteiger partial charge on any atom is -0.352 e. The van der Waals surface area contributed by atoms with Crippen molar-refractivity contribution in [2.24, 2.45) is 0 Å². The summed E-state index contributed by atoms with van der Waals surface area (Å²) in [6.45, 7) is 3.09. The Balaban J connectivity index is 1.78. The average molecular weight is 412 g/mol. The van der Waals surface area contributed by atoms with E-state index in [4.69, 9.17) is 23.8 Å². The molecule has 28 heavy (non-hydrogen) atoms. The third kappa shape index (κ3) is 3.62. The van der Waals surface area contributed by atoms with Gasteiger partial charge in [-0.1, -0.05) is 31.0 Å². The van der Waals surface area contributed by atoms with Crippen molar-refractivity contribution in [1.82, 2.24) is 24.8 Å². The maximum absolute atomic E-state index is 6.03. The van der Waals surface area contributed by atoms with Gasteiger partial charge in [0.05, 0.1) is 22.8 Å². The van der Waals surface area contributed by atoms with Gasteiger partial charge in [-0.2, -0.15) is 0 Å². The number of nitrogens with zero attached hydrogens (tertiary/aromatic N) is 4. The monoisotopic (exact) mass is 411 g/mol. The molecule has 1 saturated heterocycles. The van der Waals surface area contributed by atoms with E-state index in [1.54, 1.807) is 6.20 Å². The van der Waals surface area contributed by atoms with Crippen molar-refractivity contribution in [3.63, 3.8) is 0 Å². The molecule has 1 fully saturated rings. The molecule has 0 amide bonds. The number of nitrogens with one attached hydrogen (secondary N) is 1. The molecule has 3 aromatic heterocycles. The molecule has 1 N–H and O–H groups in total. The molecule has 4 rings (SSSR count). The molecule has 0 unspecified atom stereocenters. The Morgan fingerprint density at radius 2 is 2.04 bits per heavy atom. The summed E-state index contributed by atoms with van der Waals surface area (Å²) in [6, 6.07) is 14.0. The lowest BCUT2D eigenvalue weighted by Crippen LogP contribution is -2.31. The van der Waals surface area contributed by atoms with Crippen LogP contribution in [0.1, 0.15) is 43.2 Å². The first-order valence-electron chi connectivity index (χ1n) is 9.46. The van der Waals surface area contributed by atoms with Crippen molar-refractivity contribution in [2.75, 3.05) is 6.54 Å². The Morgan fingerprint density at radius 3 is 2.75 bits per heavy atom. The van der Waals surface area contributed by atoms with E-state index < -0.39 is 0 Å². The maximum Gasteiger partial charge on any atom is 0.170 e. The second-order valence-corrected chi connectivity index (χ2v) is 7.63. The van der Waals surface area contributed by atoms with Crippen LogP contribution in [-0.2, 0) is 0 Å². The van der Waals surface area contributed by atoms with Crippen molar-refractivity contribution < 1.29 is 0 Å². The molecule has 0 bridgehead atoms. The van der Waals surface area contributed by atoms with Gasteiger partial charge in [0.1, 0.15) is 5.82 Å². The fraction of sp³-hybridized carbons (Fsp3) is 0.286. The minimum atomic E-state index is -0.0218. The summed E-state index contributed by atoms with van der Waals surface area (Å²) in [5.74, 6) is 0.831. The van der Waals surface area contributed by atoms with E-state index in [1.807, 2.05) is 48.8 Å². The van der Waals surface area contributed by atoms with Crippen LogP contribution >= 0.6 is 23.8 Å². The molecule has 0 radical (unpaired) electrons. The zero-order valence-corrected chi connectivity index (χ0v) is 17.2. The molecule has 0 aromatic carbocycles. The van der Waals surface area contributed by atoms with Gasteiger partial charge in [0, 0.05) is 30.8 Å². The third-order valence-corrected chi connectivity index (χ3v) is 5.57. The van der Waals surface area contributed by atoms with E-state index in [2.05, 4.69) is 37.7 Å². The molecule has 1 aliphatic heterocycles. The van der Waals surface area contributed by atoms with E-state index in [9.17, 15) is 0 Å². The lowest BCUT2D eigenvalue weighted by atomic mass is 10.0. The lowest BCUT2D eigenvalue weighted by Gasteiger charge is -2.28. The van der Waals surface area contributed by atoms with Gasteiger partial charge in [-0.25, -0.2) is 4.98 Å². The summed E-state index contributed by atoms with van der Waals surface area (Å²) in [5, 5.41) is 4.89. The summed E-state index contributed by atoms with van der Waals surface area (Å²) in [4.78, 5) is 11.4. The largest absolute Gasteiger partial charge is 0.352 e. The van der Waals surface area contributed by atoms with Gasteiger partial charge in [-0.15, -0.1) is 0 Å². The van der Waals surface area contributed by atoms with Gasteiger partial charge in [0.25, 0.3) is 0 Å². The van der Waals surface area contributed by atoms with Crippen LogP contribution in [0.25, 0.3) is 5.82 Å². The van der Waals surface area contributed by atoms with E-state index >= 15 is 0 Å². The zero-order chi connectivity index (χ0) is 19.5. The number of unbranched alkanes of at least 4 members (excludes halogenated alkanes) is 1. The van der Waals surface area contributed by atoms with Crippen LogP contribution in [0.5, 0.6) is 0 Å². The molecular formula is C21H22ClN5S. The molecular weight excluding hydrogens is 390 g/mol. The summed E-state index contributed by atoms with van der Waals surface area (Å²) in [5.41, 5.74) is 2.10. The second kappa shape index (κ2) is 8.29. The van der Waals surface area contributed by atoms with Crippen molar-refractivity contribution in [3.8, 4) is 5.82 Å². The van der Waals surface area contributed by atoms with E-state index in [-0.39, 0.29) is 12.1 Å². The second-order valence-electron chi connectivity index (χ2n) is 6.81. The topological polar surface area (TPSA) is 46.0 Å². The van der Waals surface area contributed by atoms with Crippen molar-refractivity contribution in [1.29, 1.82) is 0 Å². The Labute approximate surface area is 175 Å². The van der Waals surface area contributed by atoms with Gasteiger partial charge in [-0.3, -0.25) is 4.98 Å². The fourth-order valence-electron chi connectivity index (χ4n) is 3.65. The van der Waals surface area contributed by atoms with Gasteiger partial charge < -0.3 is 14.8 Å². The number of hydrogen-bond donors (Lipinski definition) is 1. The normalized spacial score (nSPS) is 19.1. The summed E-state index contributed by atoms with van der Waals surface area (Å²) in [7, 11) is 0. The molecule has 0 saturated carbocycles. The number of halogens is 1. The van der Waals surface area contributed by atoms with Crippen LogP contribution in [0.2, 0.25) is 5.02 Å². The molecule has 0 aliphatic carbocycles. The molecule has 4 heterocycles. The van der Waals surface area contributed by atoms with Crippen LogP contribution in [0.3, 0.4) is 0 Å². The molecule has 7 heteroatoms. The highest BCUT2D eigenvalue weighted by Gasteiger charge is 2.40. The first-order valence-corrected chi connectivity index (χ1v) is 10.2. The number of rotatable bonds is 6. The van der Waals surface area contributed by atoms with Crippen LogP contribution < -0.4 is 5.32 Å². The Bertz CT molecular complexity index is 941. The van der Waals surface area contributed by atoms with Crippen LogP contribution in [0.15, 0.2) is 61.1 Å². The maximum atomic E-state index is 6.03. The van der Waals surface area contributed by atoms with Crippen molar-refractivity contribution >= 4 is 28.9 Å². The molecule has 144 valence electrons. The van der Waals surface area contributed by atoms with Gasteiger partial charge in [0.15, 0.2) is 5.11 Å². The fourth-order valence-corrected chi connectivity index (χ4v) is 4.09. The summed E-state index contributed by atoms with van der Waals surface area (Å²) in [6.07, 6.45) is 7.71. The van der Waals surface area contributed by atoms with Gasteiger partial charge in [0.2, 0.25) is 0 Å². The van der Waals surface area contributed by atoms with Crippen molar-refractivity contribution in [3.05, 3.63) is 77.5 Å². The highest BCUT2D eigenvalue weighted by molar-refractivity contribution is 7.80.